The van der Waals surface area contributed by atoms with E-state index in [1.54, 1.807) is 12.1 Å². The summed E-state index contributed by atoms with van der Waals surface area (Å²) >= 11 is 0. The summed E-state index contributed by atoms with van der Waals surface area (Å²) in [5.74, 6) is 0.427. The van der Waals surface area contributed by atoms with E-state index in [1.807, 2.05) is 24.3 Å². The molecule has 6 nitrogen and oxygen atoms in total. The summed E-state index contributed by atoms with van der Waals surface area (Å²) in [6, 6.07) is 14.1. The second-order valence-corrected chi connectivity index (χ2v) is 10.5. The Hall–Kier alpha value is -2.38. The summed E-state index contributed by atoms with van der Waals surface area (Å²) in [6.07, 6.45) is 1.75. The number of ether oxygens (including phenoxy) is 1. The van der Waals surface area contributed by atoms with Gasteiger partial charge >= 0.3 is 0 Å². The molecule has 1 amide bonds. The largest absolute Gasteiger partial charge is 0.492 e. The number of hydrogen-bond donors (Lipinski definition) is 1. The number of nitrogens with one attached hydrogen (secondary N) is 1. The van der Waals surface area contributed by atoms with Gasteiger partial charge in [-0.05, 0) is 54.2 Å². The van der Waals surface area contributed by atoms with Crippen molar-refractivity contribution in [1.29, 1.82) is 0 Å². The molecule has 1 saturated heterocycles. The molecular formula is C23H30N2O4S. The molecule has 0 bridgehead atoms. The van der Waals surface area contributed by atoms with Crippen LogP contribution in [0, 0.1) is 0 Å². The van der Waals surface area contributed by atoms with Crippen LogP contribution >= 0.6 is 0 Å². The van der Waals surface area contributed by atoms with Crippen molar-refractivity contribution in [2.75, 3.05) is 26.2 Å². The molecule has 3 rings (SSSR count). The smallest absolute Gasteiger partial charge is 0.251 e. The molecule has 0 saturated carbocycles. The minimum atomic E-state index is -3.54. The molecule has 162 valence electrons. The third kappa shape index (κ3) is 5.40. The molecule has 2 aromatic rings. The zero-order chi connectivity index (χ0) is 21.8. The van der Waals surface area contributed by atoms with Gasteiger partial charge in [0.15, 0.2) is 0 Å². The van der Waals surface area contributed by atoms with Crippen molar-refractivity contribution in [2.45, 2.75) is 43.9 Å². The first kappa shape index (κ1) is 22.3. The lowest BCUT2D eigenvalue weighted by Gasteiger charge is -2.19. The van der Waals surface area contributed by atoms with Crippen molar-refractivity contribution in [2.24, 2.45) is 0 Å². The van der Waals surface area contributed by atoms with Gasteiger partial charge in [0.25, 0.3) is 5.91 Å². The summed E-state index contributed by atoms with van der Waals surface area (Å²) in [7, 11) is -3.54. The highest BCUT2D eigenvalue weighted by Gasteiger charge is 2.27. The predicted octanol–water partition coefficient (Wildman–Crippen LogP) is 3.58. The van der Waals surface area contributed by atoms with Crippen LogP contribution in [-0.4, -0.2) is 44.9 Å². The van der Waals surface area contributed by atoms with Gasteiger partial charge in [0, 0.05) is 18.7 Å². The SMILES string of the molecule is CC(C)(C)c1ccc(OCCNC(=O)c2cccc(S(=O)(=O)N3CCCC3)c2)cc1. The number of carbonyl (C=O) groups excluding carboxylic acids is 1. The van der Waals surface area contributed by atoms with E-state index in [0.717, 1.165) is 18.6 Å². The minimum Gasteiger partial charge on any atom is -0.492 e. The van der Waals surface area contributed by atoms with Crippen LogP contribution in [0.4, 0.5) is 0 Å². The van der Waals surface area contributed by atoms with Crippen molar-refractivity contribution in [1.82, 2.24) is 9.62 Å². The van der Waals surface area contributed by atoms with Gasteiger partial charge < -0.3 is 10.1 Å². The number of amides is 1. The molecule has 0 aliphatic carbocycles. The van der Waals surface area contributed by atoms with E-state index in [-0.39, 0.29) is 16.2 Å². The van der Waals surface area contributed by atoms with Crippen LogP contribution < -0.4 is 10.1 Å². The summed E-state index contributed by atoms with van der Waals surface area (Å²) in [6.45, 7) is 8.19. The van der Waals surface area contributed by atoms with Crippen LogP contribution in [0.1, 0.15) is 49.5 Å². The highest BCUT2D eigenvalue weighted by Crippen LogP contribution is 2.24. The second kappa shape index (κ2) is 9.18. The third-order valence-electron chi connectivity index (χ3n) is 5.18. The van der Waals surface area contributed by atoms with Gasteiger partial charge in [-0.25, -0.2) is 8.42 Å². The summed E-state index contributed by atoms with van der Waals surface area (Å²) < 4.78 is 32.5. The Kier molecular flexibility index (Phi) is 6.83. The Morgan fingerprint density at radius 3 is 2.37 bits per heavy atom. The second-order valence-electron chi connectivity index (χ2n) is 8.52. The van der Waals surface area contributed by atoms with Gasteiger partial charge in [-0.2, -0.15) is 4.31 Å². The fraction of sp³-hybridized carbons (Fsp3) is 0.435. The van der Waals surface area contributed by atoms with Crippen LogP contribution in [-0.2, 0) is 15.4 Å². The summed E-state index contributed by atoms with van der Waals surface area (Å²) in [5.41, 5.74) is 1.64. The lowest BCUT2D eigenvalue weighted by Crippen LogP contribution is -2.30. The van der Waals surface area contributed by atoms with Crippen molar-refractivity contribution >= 4 is 15.9 Å². The third-order valence-corrected chi connectivity index (χ3v) is 7.07. The van der Waals surface area contributed by atoms with Crippen LogP contribution in [0.25, 0.3) is 0 Å². The van der Waals surface area contributed by atoms with E-state index in [0.29, 0.717) is 31.8 Å². The molecule has 7 heteroatoms. The maximum Gasteiger partial charge on any atom is 0.251 e. The van der Waals surface area contributed by atoms with E-state index in [1.165, 1.54) is 22.0 Å². The monoisotopic (exact) mass is 430 g/mol. The van der Waals surface area contributed by atoms with Gasteiger partial charge in [-0.15, -0.1) is 0 Å². The molecule has 0 aromatic heterocycles. The molecule has 1 aliphatic rings. The molecule has 0 radical (unpaired) electrons. The van der Waals surface area contributed by atoms with Crippen molar-refractivity contribution < 1.29 is 17.9 Å². The lowest BCUT2D eigenvalue weighted by molar-refractivity contribution is 0.0946. The van der Waals surface area contributed by atoms with Gasteiger partial charge in [-0.1, -0.05) is 39.0 Å². The van der Waals surface area contributed by atoms with E-state index in [2.05, 4.69) is 26.1 Å². The Morgan fingerprint density at radius 2 is 1.73 bits per heavy atom. The topological polar surface area (TPSA) is 75.7 Å². The molecule has 0 atom stereocenters. The van der Waals surface area contributed by atoms with Gasteiger partial charge in [0.2, 0.25) is 10.0 Å². The molecule has 1 fully saturated rings. The molecule has 0 spiro atoms. The van der Waals surface area contributed by atoms with Crippen molar-refractivity contribution in [3.8, 4) is 5.75 Å². The Balaban J connectivity index is 1.53. The molecule has 1 aliphatic heterocycles. The zero-order valence-electron chi connectivity index (χ0n) is 17.8. The maximum absolute atomic E-state index is 12.7. The number of hydrogen-bond acceptors (Lipinski definition) is 4. The van der Waals surface area contributed by atoms with Crippen LogP contribution in [0.2, 0.25) is 0 Å². The van der Waals surface area contributed by atoms with E-state index in [9.17, 15) is 13.2 Å². The summed E-state index contributed by atoms with van der Waals surface area (Å²) in [4.78, 5) is 12.6. The highest BCUT2D eigenvalue weighted by atomic mass is 32.2. The molecule has 1 heterocycles. The number of rotatable bonds is 7. The fourth-order valence-corrected chi connectivity index (χ4v) is 4.93. The first-order valence-corrected chi connectivity index (χ1v) is 11.7. The van der Waals surface area contributed by atoms with Gasteiger partial charge in [-0.3, -0.25) is 4.79 Å². The highest BCUT2D eigenvalue weighted by molar-refractivity contribution is 7.89. The molecule has 30 heavy (non-hydrogen) atoms. The average molecular weight is 431 g/mol. The van der Waals surface area contributed by atoms with Crippen molar-refractivity contribution in [3.05, 3.63) is 59.7 Å². The normalized spacial score (nSPS) is 15.2. The molecule has 2 aromatic carbocycles. The van der Waals surface area contributed by atoms with E-state index in [4.69, 9.17) is 4.74 Å². The predicted molar refractivity (Wildman–Crippen MR) is 117 cm³/mol. The minimum absolute atomic E-state index is 0.0866. The summed E-state index contributed by atoms with van der Waals surface area (Å²) in [5, 5.41) is 2.78. The number of benzene rings is 2. The Morgan fingerprint density at radius 1 is 1.07 bits per heavy atom. The average Bonchev–Trinajstić information content (AvgIpc) is 3.27. The van der Waals surface area contributed by atoms with Gasteiger partial charge in [0.05, 0.1) is 11.4 Å². The van der Waals surface area contributed by atoms with E-state index < -0.39 is 10.0 Å². The van der Waals surface area contributed by atoms with E-state index >= 15 is 0 Å². The van der Waals surface area contributed by atoms with Gasteiger partial charge in [0.1, 0.15) is 12.4 Å². The Labute approximate surface area is 179 Å². The number of carbonyl (C=O) groups is 1. The fourth-order valence-electron chi connectivity index (χ4n) is 3.36. The standard InChI is InChI=1S/C23H30N2O4S/c1-23(2,3)19-9-11-20(12-10-19)29-16-13-24-22(26)18-7-6-8-21(17-18)30(27,28)25-14-4-5-15-25/h6-12,17H,4-5,13-16H2,1-3H3,(H,24,26). The quantitative estimate of drug-likeness (QED) is 0.682. The maximum atomic E-state index is 12.7. The van der Waals surface area contributed by atoms with Crippen LogP contribution in [0.15, 0.2) is 53.4 Å². The number of sulfonamides is 1. The Bertz CT molecular complexity index is 973. The van der Waals surface area contributed by atoms with Crippen molar-refractivity contribution in [3.63, 3.8) is 0 Å². The van der Waals surface area contributed by atoms with Crippen LogP contribution in [0.5, 0.6) is 5.75 Å². The lowest BCUT2D eigenvalue weighted by atomic mass is 9.87. The molecule has 1 N–H and O–H groups in total. The number of nitrogens with zero attached hydrogens (tertiary/aromatic N) is 1. The molecule has 0 unspecified atom stereocenters. The van der Waals surface area contributed by atoms with Crippen LogP contribution in [0.3, 0.4) is 0 Å². The zero-order valence-corrected chi connectivity index (χ0v) is 18.7. The molecular weight excluding hydrogens is 400 g/mol. The first-order chi connectivity index (χ1) is 14.2. The first-order valence-electron chi connectivity index (χ1n) is 10.3.